The van der Waals surface area contributed by atoms with Crippen molar-refractivity contribution in [1.82, 2.24) is 0 Å². The van der Waals surface area contributed by atoms with Crippen LogP contribution in [0.4, 0.5) is 0 Å². The Balaban J connectivity index is -0.0000000267. The number of rotatable bonds is 0. The summed E-state index contributed by atoms with van der Waals surface area (Å²) in [4.78, 5) is 0. The van der Waals surface area contributed by atoms with Gasteiger partial charge in [-0.2, -0.15) is 8.42 Å². The fourth-order valence-corrected chi connectivity index (χ4v) is 0. The van der Waals surface area contributed by atoms with Gasteiger partial charge in [-0.15, -0.1) is 0 Å². The number of hydrogen-bond acceptors (Lipinski definition) is 6. The van der Waals surface area contributed by atoms with E-state index in [1.807, 2.05) is 0 Å². The van der Waals surface area contributed by atoms with Crippen molar-refractivity contribution in [2.24, 2.45) is 0 Å². The van der Waals surface area contributed by atoms with Crippen LogP contribution < -0.4 is 59.1 Å². The van der Waals surface area contributed by atoms with E-state index in [-0.39, 0.29) is 64.6 Å². The van der Waals surface area contributed by atoms with E-state index in [1.54, 1.807) is 0 Å². The van der Waals surface area contributed by atoms with Crippen molar-refractivity contribution in [2.75, 3.05) is 0 Å². The monoisotopic (exact) mass is 258 g/mol. The molecule has 0 amide bonds. The topological polar surface area (TPSA) is 186 Å². The van der Waals surface area contributed by atoms with Gasteiger partial charge >= 0.3 is 69.5 Å². The van der Waals surface area contributed by atoms with Gasteiger partial charge in [0.15, 0.2) is 0 Å². The molecule has 0 aromatic heterocycles. The van der Waals surface area contributed by atoms with Crippen molar-refractivity contribution in [2.45, 2.75) is 0 Å². The number of hydrogen-bond donors (Lipinski definition) is 2. The Kier molecular flexibility index (Phi) is 26.6. The van der Waals surface area contributed by atoms with Crippen molar-refractivity contribution in [3.05, 3.63) is 0 Å². The molecule has 0 spiro atoms. The Morgan fingerprint density at radius 2 is 0.846 bits per heavy atom. The zero-order chi connectivity index (χ0) is 9.00. The Hall–Kier alpha value is 1.70. The predicted molar refractivity (Wildman–Crippen MR) is 28.3 cm³/mol. The van der Waals surface area contributed by atoms with Crippen molar-refractivity contribution in [1.29, 1.82) is 0 Å². The fraction of sp³-hybridized carbons (Fsp3) is 0. The summed E-state index contributed by atoms with van der Waals surface area (Å²) < 4.78 is 65.7. The van der Waals surface area contributed by atoms with E-state index in [0.29, 0.717) is 0 Å². The van der Waals surface area contributed by atoms with E-state index < -0.39 is 20.8 Å². The molecule has 0 heterocycles. The van der Waals surface area contributed by atoms with Gasteiger partial charge in [-0.05, 0) is 0 Å². The summed E-state index contributed by atoms with van der Waals surface area (Å²) in [6.07, 6.45) is 0. The van der Waals surface area contributed by atoms with Crippen molar-refractivity contribution in [3.63, 3.8) is 0 Å². The molecule has 0 saturated heterocycles. The first-order valence-electron chi connectivity index (χ1n) is 1.37. The van der Waals surface area contributed by atoms with Crippen LogP contribution in [0, 0.1) is 0 Å². The molecule has 0 atom stereocenters. The maximum Gasteiger partial charge on any atom is 1.00 e. The van der Waals surface area contributed by atoms with Crippen LogP contribution in [0.1, 0.15) is 0 Å². The second kappa shape index (κ2) is 11.8. The van der Waals surface area contributed by atoms with Crippen LogP contribution in [0.2, 0.25) is 0 Å². The summed E-state index contributed by atoms with van der Waals surface area (Å²) >= 11 is 0. The molecule has 72 valence electrons. The zero-order valence-electron chi connectivity index (χ0n) is 6.66. The zero-order valence-corrected chi connectivity index (χ0v) is 12.3. The maximum absolute atomic E-state index is 8.74. The van der Waals surface area contributed by atoms with E-state index in [0.717, 1.165) is 0 Å². The summed E-state index contributed by atoms with van der Waals surface area (Å²) in [5.74, 6) is 0. The van der Waals surface area contributed by atoms with E-state index >= 15 is 0 Å². The molecule has 0 unspecified atom stereocenters. The van der Waals surface area contributed by atoms with Gasteiger partial charge in [0.1, 0.15) is 0 Å². The summed E-state index contributed by atoms with van der Waals surface area (Å²) in [6, 6.07) is 0. The van der Waals surface area contributed by atoms with Gasteiger partial charge < -0.3 is 14.6 Å². The summed E-state index contributed by atoms with van der Waals surface area (Å²) in [6.45, 7) is 0. The second-order valence-corrected chi connectivity index (χ2v) is 2.57. The van der Waals surface area contributed by atoms with Crippen LogP contribution in [0.5, 0.6) is 0 Å². The van der Waals surface area contributed by atoms with Crippen molar-refractivity contribution < 1.29 is 99.6 Å². The molecular weight excluding hydrogens is 254 g/mol. The van der Waals surface area contributed by atoms with Gasteiger partial charge in [0.05, 0.1) is 0 Å². The van der Waals surface area contributed by atoms with Crippen LogP contribution in [-0.2, 0) is 20.8 Å². The first-order chi connectivity index (χ1) is 4.00. The van der Waals surface area contributed by atoms with Crippen LogP contribution in [0.15, 0.2) is 0 Å². The summed E-state index contributed by atoms with van der Waals surface area (Å²) in [7, 11) is -9.83. The molecule has 0 bridgehead atoms. The molecule has 0 aliphatic heterocycles. The minimum Gasteiger partial charge on any atom is -0.759 e. The molecule has 9 nitrogen and oxygen atoms in total. The van der Waals surface area contributed by atoms with Crippen molar-refractivity contribution >= 4 is 20.8 Å². The van der Waals surface area contributed by atoms with Gasteiger partial charge in [0.25, 0.3) is 0 Å². The predicted octanol–water partition coefficient (Wildman–Crippen LogP) is -8.81. The molecule has 0 aromatic rings. The van der Waals surface area contributed by atoms with Gasteiger partial charge in [-0.3, -0.25) is 17.5 Å². The maximum atomic E-state index is 8.74. The average molecular weight is 258 g/mol. The van der Waals surface area contributed by atoms with E-state index in [2.05, 4.69) is 0 Å². The van der Waals surface area contributed by atoms with Gasteiger partial charge in [0, 0.05) is 10.4 Å². The smallest absolute Gasteiger partial charge is 0.759 e. The minimum atomic E-state index is -5.17. The molecule has 0 aliphatic carbocycles. The largest absolute Gasteiger partial charge is 1.00 e. The third kappa shape index (κ3) is 649. The SMILES string of the molecule is O.O=S(=O)(O)O.O=S(=O)([O-])[O-].[Na+].[Na+]. The molecule has 0 radical (unpaired) electrons. The molecule has 0 aromatic carbocycles. The minimum absolute atomic E-state index is 0. The third-order valence-electron chi connectivity index (χ3n) is 0. The third-order valence-corrected chi connectivity index (χ3v) is 0. The molecule has 13 heavy (non-hydrogen) atoms. The first-order valence-corrected chi connectivity index (χ1v) is 4.10. The van der Waals surface area contributed by atoms with Gasteiger partial charge in [-0.1, -0.05) is 0 Å². The van der Waals surface area contributed by atoms with E-state index in [1.165, 1.54) is 0 Å². The molecule has 0 aliphatic rings. The van der Waals surface area contributed by atoms with E-state index in [4.69, 9.17) is 35.0 Å². The molecule has 0 saturated carbocycles. The molecule has 13 heteroatoms. The fourth-order valence-electron chi connectivity index (χ4n) is 0. The first kappa shape index (κ1) is 29.3. The van der Waals surface area contributed by atoms with Crippen molar-refractivity contribution in [3.8, 4) is 0 Å². The molecule has 0 fully saturated rings. The van der Waals surface area contributed by atoms with Crippen LogP contribution in [-0.4, -0.2) is 40.5 Å². The Morgan fingerprint density at radius 3 is 0.846 bits per heavy atom. The molecular formula is H4Na2O9S2. The Labute approximate surface area is 119 Å². The van der Waals surface area contributed by atoms with Crippen LogP contribution in [0.3, 0.4) is 0 Å². The Bertz CT molecular complexity index is 212. The molecule has 0 rings (SSSR count). The van der Waals surface area contributed by atoms with Gasteiger partial charge in [0.2, 0.25) is 0 Å². The quantitative estimate of drug-likeness (QED) is 0.243. The summed E-state index contributed by atoms with van der Waals surface area (Å²) in [5.41, 5.74) is 0. The van der Waals surface area contributed by atoms with Crippen LogP contribution in [0.25, 0.3) is 0 Å². The molecule has 4 N–H and O–H groups in total. The Morgan fingerprint density at radius 1 is 0.846 bits per heavy atom. The summed E-state index contributed by atoms with van der Waals surface area (Å²) in [5, 5.41) is 0. The average Bonchev–Trinajstić information content (AvgIpc) is 1.12. The normalized spacial score (nSPS) is 8.92. The van der Waals surface area contributed by atoms with E-state index in [9.17, 15) is 0 Å². The second-order valence-electron chi connectivity index (χ2n) is 0.856. The van der Waals surface area contributed by atoms with Gasteiger partial charge in [-0.25, -0.2) is 0 Å². The standard InChI is InChI=1S/2Na.2H2O4S.H2O/c;;2*1-5(2,3)4;/h;;2*(H2,1,2,3,4);1H2/q2*+1;;;/p-2. The van der Waals surface area contributed by atoms with Crippen LogP contribution >= 0.6 is 0 Å².